The minimum Gasteiger partial charge on any atom is -0.494 e. The van der Waals surface area contributed by atoms with E-state index in [0.29, 0.717) is 12.2 Å². The van der Waals surface area contributed by atoms with Crippen LogP contribution in [-0.2, 0) is 0 Å². The Hall–Kier alpha value is -2.47. The van der Waals surface area contributed by atoms with Crippen LogP contribution in [-0.4, -0.2) is 22.6 Å². The molecule has 2 aromatic carbocycles. The summed E-state index contributed by atoms with van der Waals surface area (Å²) >= 11 is 3.37. The Balaban J connectivity index is 1.92. The Bertz CT molecular complexity index is 739. The quantitative estimate of drug-likeness (QED) is 0.147. The molecule has 2 rings (SSSR count). The fourth-order valence-corrected chi connectivity index (χ4v) is 2.47. The van der Waals surface area contributed by atoms with Crippen LogP contribution in [0.5, 0.6) is 5.75 Å². The highest BCUT2D eigenvalue weighted by atomic mass is 79.9. The number of hydrogen-bond acceptors (Lipinski definition) is 4. The minimum atomic E-state index is -0.456. The Labute approximate surface area is 154 Å². The van der Waals surface area contributed by atoms with E-state index >= 15 is 0 Å². The minimum absolute atomic E-state index is 0.0233. The standard InChI is InChI=1S/C19H18BrNO4/c20-13-1-2-14-25-18-10-6-16(7-11-18)19(22)12-5-15-3-8-17(9-4-15)21(23)24/h3-12H,1-2,13-14H2. The lowest BCUT2D eigenvalue weighted by molar-refractivity contribution is -0.384. The molecular weight excluding hydrogens is 386 g/mol. The number of alkyl halides is 1. The Morgan fingerprint density at radius 2 is 1.76 bits per heavy atom. The highest BCUT2D eigenvalue weighted by molar-refractivity contribution is 9.09. The monoisotopic (exact) mass is 403 g/mol. The third kappa shape index (κ3) is 6.15. The molecule has 6 heteroatoms. The van der Waals surface area contributed by atoms with E-state index in [0.717, 1.165) is 29.5 Å². The molecule has 0 saturated heterocycles. The van der Waals surface area contributed by atoms with Gasteiger partial charge in [0.25, 0.3) is 5.69 Å². The molecule has 0 heterocycles. The van der Waals surface area contributed by atoms with Gasteiger partial charge in [-0.15, -0.1) is 0 Å². The van der Waals surface area contributed by atoms with E-state index in [1.165, 1.54) is 18.2 Å². The van der Waals surface area contributed by atoms with Crippen LogP contribution < -0.4 is 4.74 Å². The van der Waals surface area contributed by atoms with Gasteiger partial charge in [-0.3, -0.25) is 14.9 Å². The topological polar surface area (TPSA) is 69.4 Å². The summed E-state index contributed by atoms with van der Waals surface area (Å²) in [4.78, 5) is 22.3. The molecule has 25 heavy (non-hydrogen) atoms. The smallest absolute Gasteiger partial charge is 0.269 e. The molecule has 0 atom stereocenters. The maximum Gasteiger partial charge on any atom is 0.269 e. The maximum absolute atomic E-state index is 12.2. The Morgan fingerprint density at radius 1 is 1.08 bits per heavy atom. The van der Waals surface area contributed by atoms with E-state index in [9.17, 15) is 14.9 Å². The van der Waals surface area contributed by atoms with Crippen molar-refractivity contribution in [1.29, 1.82) is 0 Å². The number of allylic oxidation sites excluding steroid dienone is 1. The van der Waals surface area contributed by atoms with Gasteiger partial charge in [0.1, 0.15) is 5.75 Å². The van der Waals surface area contributed by atoms with Gasteiger partial charge in [-0.05, 0) is 60.9 Å². The molecule has 0 aliphatic carbocycles. The second-order valence-electron chi connectivity index (χ2n) is 5.32. The van der Waals surface area contributed by atoms with Crippen molar-refractivity contribution in [2.45, 2.75) is 12.8 Å². The highest BCUT2D eigenvalue weighted by Gasteiger charge is 2.04. The lowest BCUT2D eigenvalue weighted by atomic mass is 10.1. The van der Waals surface area contributed by atoms with Gasteiger partial charge in [0, 0.05) is 23.0 Å². The number of carbonyl (C=O) groups is 1. The molecule has 0 aliphatic rings. The number of non-ortho nitro benzene ring substituents is 1. The van der Waals surface area contributed by atoms with Crippen LogP contribution in [0.3, 0.4) is 0 Å². The number of unbranched alkanes of at least 4 members (excludes halogenated alkanes) is 1. The zero-order chi connectivity index (χ0) is 18.1. The van der Waals surface area contributed by atoms with Crippen molar-refractivity contribution < 1.29 is 14.5 Å². The summed E-state index contributed by atoms with van der Waals surface area (Å²) in [6, 6.07) is 13.0. The van der Waals surface area contributed by atoms with E-state index in [2.05, 4.69) is 15.9 Å². The summed E-state index contributed by atoms with van der Waals surface area (Å²) < 4.78 is 5.60. The molecule has 2 aromatic rings. The number of carbonyl (C=O) groups excluding carboxylic acids is 1. The van der Waals surface area contributed by atoms with E-state index < -0.39 is 4.92 Å². The van der Waals surface area contributed by atoms with E-state index in [4.69, 9.17) is 4.74 Å². The molecule has 0 N–H and O–H groups in total. The second-order valence-corrected chi connectivity index (χ2v) is 6.11. The van der Waals surface area contributed by atoms with Crippen LogP contribution in [0.2, 0.25) is 0 Å². The van der Waals surface area contributed by atoms with Crippen LogP contribution in [0.15, 0.2) is 54.6 Å². The molecule has 0 saturated carbocycles. The van der Waals surface area contributed by atoms with Crippen molar-refractivity contribution in [1.82, 2.24) is 0 Å². The first-order chi connectivity index (χ1) is 12.1. The summed E-state index contributed by atoms with van der Waals surface area (Å²) in [7, 11) is 0. The third-order valence-corrected chi connectivity index (χ3v) is 4.03. The number of halogens is 1. The predicted octanol–water partition coefficient (Wildman–Crippen LogP) is 5.04. The summed E-state index contributed by atoms with van der Waals surface area (Å²) in [6.45, 7) is 0.652. The van der Waals surface area contributed by atoms with E-state index in [-0.39, 0.29) is 11.5 Å². The average molecular weight is 404 g/mol. The summed E-state index contributed by atoms with van der Waals surface area (Å²) in [5, 5.41) is 11.6. The van der Waals surface area contributed by atoms with Crippen LogP contribution in [0.1, 0.15) is 28.8 Å². The van der Waals surface area contributed by atoms with Gasteiger partial charge in [-0.25, -0.2) is 0 Å². The number of ketones is 1. The first-order valence-electron chi connectivity index (χ1n) is 7.86. The number of hydrogen-bond donors (Lipinski definition) is 0. The molecular formula is C19H18BrNO4. The van der Waals surface area contributed by atoms with Crippen molar-refractivity contribution in [3.63, 3.8) is 0 Å². The number of ether oxygens (including phenoxy) is 1. The highest BCUT2D eigenvalue weighted by Crippen LogP contribution is 2.15. The molecule has 5 nitrogen and oxygen atoms in total. The molecule has 0 bridgehead atoms. The van der Waals surface area contributed by atoms with Gasteiger partial charge in [0.05, 0.1) is 11.5 Å². The number of nitro benzene ring substituents is 1. The molecule has 0 fully saturated rings. The van der Waals surface area contributed by atoms with Crippen molar-refractivity contribution in [2.24, 2.45) is 0 Å². The zero-order valence-corrected chi connectivity index (χ0v) is 15.1. The molecule has 0 amide bonds. The predicted molar refractivity (Wildman–Crippen MR) is 101 cm³/mol. The summed E-state index contributed by atoms with van der Waals surface area (Å²) in [5.74, 6) is 0.606. The molecule has 130 valence electrons. The summed E-state index contributed by atoms with van der Waals surface area (Å²) in [5.41, 5.74) is 1.31. The molecule has 0 unspecified atom stereocenters. The number of benzene rings is 2. The SMILES string of the molecule is O=C(C=Cc1ccc([N+](=O)[O-])cc1)c1ccc(OCCCCBr)cc1. The zero-order valence-electron chi connectivity index (χ0n) is 13.6. The largest absolute Gasteiger partial charge is 0.494 e. The van der Waals surface area contributed by atoms with Crippen LogP contribution in [0, 0.1) is 10.1 Å². The fraction of sp³-hybridized carbons (Fsp3) is 0.211. The van der Waals surface area contributed by atoms with Crippen molar-refractivity contribution in [3.8, 4) is 5.75 Å². The lowest BCUT2D eigenvalue weighted by Gasteiger charge is -2.05. The normalized spacial score (nSPS) is 10.8. The first-order valence-corrected chi connectivity index (χ1v) is 8.98. The maximum atomic E-state index is 12.2. The fourth-order valence-electron chi connectivity index (χ4n) is 2.08. The molecule has 0 aliphatic heterocycles. The van der Waals surface area contributed by atoms with Crippen LogP contribution >= 0.6 is 15.9 Å². The summed E-state index contributed by atoms with van der Waals surface area (Å²) in [6.07, 6.45) is 5.12. The van der Waals surface area contributed by atoms with Crippen molar-refractivity contribution in [2.75, 3.05) is 11.9 Å². The van der Waals surface area contributed by atoms with Crippen LogP contribution in [0.25, 0.3) is 6.08 Å². The third-order valence-electron chi connectivity index (χ3n) is 3.47. The van der Waals surface area contributed by atoms with Gasteiger partial charge in [0.15, 0.2) is 5.78 Å². The van der Waals surface area contributed by atoms with Gasteiger partial charge < -0.3 is 4.74 Å². The second kappa shape index (κ2) is 9.74. The first kappa shape index (κ1) is 18.9. The van der Waals surface area contributed by atoms with Crippen LogP contribution in [0.4, 0.5) is 5.69 Å². The van der Waals surface area contributed by atoms with Crippen molar-refractivity contribution >= 4 is 33.5 Å². The number of nitrogens with zero attached hydrogens (tertiary/aromatic N) is 1. The van der Waals surface area contributed by atoms with Crippen molar-refractivity contribution in [3.05, 3.63) is 75.8 Å². The van der Waals surface area contributed by atoms with E-state index in [1.807, 2.05) is 0 Å². The molecule has 0 spiro atoms. The van der Waals surface area contributed by atoms with Gasteiger partial charge in [-0.2, -0.15) is 0 Å². The molecule has 0 aromatic heterocycles. The Kier molecular flexibility index (Phi) is 7.35. The molecule has 0 radical (unpaired) electrons. The number of nitro groups is 1. The van der Waals surface area contributed by atoms with Gasteiger partial charge in [-0.1, -0.05) is 22.0 Å². The Morgan fingerprint density at radius 3 is 2.36 bits per heavy atom. The van der Waals surface area contributed by atoms with Gasteiger partial charge >= 0.3 is 0 Å². The average Bonchev–Trinajstić information content (AvgIpc) is 2.64. The van der Waals surface area contributed by atoms with E-state index in [1.54, 1.807) is 42.5 Å². The number of rotatable bonds is 9. The van der Waals surface area contributed by atoms with Gasteiger partial charge in [0.2, 0.25) is 0 Å². The lowest BCUT2D eigenvalue weighted by Crippen LogP contribution is -1.99.